The molecule has 0 saturated heterocycles. The molecule has 1 aromatic carbocycles. The molecule has 0 saturated carbocycles. The molecule has 20 heavy (non-hydrogen) atoms. The van der Waals surface area contributed by atoms with Crippen LogP contribution in [0.5, 0.6) is 5.75 Å². The van der Waals surface area contributed by atoms with Gasteiger partial charge in [-0.15, -0.1) is 11.3 Å². The number of hydrogen-bond donors (Lipinski definition) is 1. The van der Waals surface area contributed by atoms with E-state index in [9.17, 15) is 0 Å². The highest BCUT2D eigenvalue weighted by Crippen LogP contribution is 2.19. The lowest BCUT2D eigenvalue weighted by molar-refractivity contribution is 0.335. The van der Waals surface area contributed by atoms with Crippen LogP contribution in [-0.4, -0.2) is 12.6 Å². The van der Waals surface area contributed by atoms with E-state index in [-0.39, 0.29) is 0 Å². The summed E-state index contributed by atoms with van der Waals surface area (Å²) < 4.78 is 5.65. The van der Waals surface area contributed by atoms with E-state index in [2.05, 4.69) is 43.4 Å². The molecule has 1 N–H and O–H groups in total. The predicted octanol–water partition coefficient (Wildman–Crippen LogP) is 4.18. The molecule has 0 aliphatic rings. The van der Waals surface area contributed by atoms with Gasteiger partial charge >= 0.3 is 0 Å². The van der Waals surface area contributed by atoms with Gasteiger partial charge in [0.25, 0.3) is 0 Å². The summed E-state index contributed by atoms with van der Waals surface area (Å²) in [4.78, 5) is 2.83. The molecule has 2 nitrogen and oxygen atoms in total. The Bertz CT molecular complexity index is 535. The van der Waals surface area contributed by atoms with E-state index in [0.717, 1.165) is 18.7 Å². The van der Waals surface area contributed by atoms with Crippen molar-refractivity contribution in [3.05, 3.63) is 51.7 Å². The Morgan fingerprint density at radius 2 is 2.00 bits per heavy atom. The molecular weight excluding hydrogens is 266 g/mol. The van der Waals surface area contributed by atoms with E-state index in [0.29, 0.717) is 12.6 Å². The van der Waals surface area contributed by atoms with Crippen LogP contribution in [0.25, 0.3) is 0 Å². The minimum absolute atomic E-state index is 0.461. The Balaban J connectivity index is 1.88. The molecule has 0 fully saturated rings. The highest BCUT2D eigenvalue weighted by molar-refractivity contribution is 7.11. The molecule has 3 heteroatoms. The van der Waals surface area contributed by atoms with Gasteiger partial charge in [-0.25, -0.2) is 0 Å². The molecule has 2 aromatic rings. The van der Waals surface area contributed by atoms with E-state index < -0.39 is 0 Å². The van der Waals surface area contributed by atoms with Gasteiger partial charge in [-0.1, -0.05) is 18.2 Å². The molecule has 1 heterocycles. The van der Waals surface area contributed by atoms with Crippen molar-refractivity contribution in [1.82, 2.24) is 5.32 Å². The Hall–Kier alpha value is -1.32. The van der Waals surface area contributed by atoms with Crippen molar-refractivity contribution < 1.29 is 4.74 Å². The lowest BCUT2D eigenvalue weighted by Gasteiger charge is -2.15. The summed E-state index contributed by atoms with van der Waals surface area (Å²) in [6.07, 6.45) is 1.08. The van der Waals surface area contributed by atoms with Crippen LogP contribution >= 0.6 is 11.3 Å². The summed E-state index contributed by atoms with van der Waals surface area (Å²) in [5.41, 5.74) is 1.23. The topological polar surface area (TPSA) is 21.3 Å². The molecule has 0 bridgehead atoms. The SMILES string of the molecule is CCOc1ccccc1CNC(C)Cc1ccc(C)s1. The highest BCUT2D eigenvalue weighted by Gasteiger charge is 2.07. The average Bonchev–Trinajstić information content (AvgIpc) is 2.83. The highest BCUT2D eigenvalue weighted by atomic mass is 32.1. The Labute approximate surface area is 125 Å². The summed E-state index contributed by atoms with van der Waals surface area (Å²) in [6, 6.07) is 13.1. The molecule has 1 aromatic heterocycles. The first-order valence-electron chi connectivity index (χ1n) is 7.18. The van der Waals surface area contributed by atoms with Crippen molar-refractivity contribution in [2.75, 3.05) is 6.61 Å². The van der Waals surface area contributed by atoms with Gasteiger partial charge in [0, 0.05) is 27.9 Å². The maximum atomic E-state index is 5.65. The van der Waals surface area contributed by atoms with E-state index in [1.807, 2.05) is 30.4 Å². The smallest absolute Gasteiger partial charge is 0.123 e. The number of aryl methyl sites for hydroxylation is 1. The molecule has 2 rings (SSSR count). The number of ether oxygens (including phenoxy) is 1. The molecular formula is C17H23NOS. The number of rotatable bonds is 7. The van der Waals surface area contributed by atoms with E-state index in [4.69, 9.17) is 4.74 Å². The summed E-state index contributed by atoms with van der Waals surface area (Å²) in [7, 11) is 0. The molecule has 1 unspecified atom stereocenters. The lowest BCUT2D eigenvalue weighted by Crippen LogP contribution is -2.27. The first kappa shape index (κ1) is 15.1. The van der Waals surface area contributed by atoms with Gasteiger partial charge in [-0.05, 0) is 45.4 Å². The molecule has 0 radical (unpaired) electrons. The number of hydrogen-bond acceptors (Lipinski definition) is 3. The first-order valence-corrected chi connectivity index (χ1v) is 8.00. The van der Waals surface area contributed by atoms with Gasteiger partial charge in [0.1, 0.15) is 5.75 Å². The van der Waals surface area contributed by atoms with E-state index in [1.54, 1.807) is 0 Å². The average molecular weight is 289 g/mol. The summed E-state index contributed by atoms with van der Waals surface area (Å²) in [5.74, 6) is 0.988. The third kappa shape index (κ3) is 4.36. The zero-order valence-electron chi connectivity index (χ0n) is 12.5. The monoisotopic (exact) mass is 289 g/mol. The van der Waals surface area contributed by atoms with Crippen LogP contribution < -0.4 is 10.1 Å². The second kappa shape index (κ2) is 7.46. The van der Waals surface area contributed by atoms with Crippen LogP contribution in [0.4, 0.5) is 0 Å². The molecule has 1 atom stereocenters. The molecule has 0 amide bonds. The van der Waals surface area contributed by atoms with Crippen molar-refractivity contribution in [3.8, 4) is 5.75 Å². The van der Waals surface area contributed by atoms with Gasteiger partial charge in [-0.2, -0.15) is 0 Å². The van der Waals surface area contributed by atoms with Gasteiger partial charge in [0.15, 0.2) is 0 Å². The third-order valence-electron chi connectivity index (χ3n) is 3.22. The van der Waals surface area contributed by atoms with Crippen LogP contribution in [-0.2, 0) is 13.0 Å². The Kier molecular flexibility index (Phi) is 5.62. The minimum Gasteiger partial charge on any atom is -0.494 e. The van der Waals surface area contributed by atoms with E-state index >= 15 is 0 Å². The second-order valence-corrected chi connectivity index (χ2v) is 6.41. The van der Waals surface area contributed by atoms with Crippen molar-refractivity contribution in [2.45, 2.75) is 39.8 Å². The predicted molar refractivity (Wildman–Crippen MR) is 86.7 cm³/mol. The van der Waals surface area contributed by atoms with Gasteiger partial charge in [-0.3, -0.25) is 0 Å². The number of thiophene rings is 1. The number of nitrogens with one attached hydrogen (secondary N) is 1. The second-order valence-electron chi connectivity index (χ2n) is 5.04. The quantitative estimate of drug-likeness (QED) is 0.825. The molecule has 0 aliphatic heterocycles. The lowest BCUT2D eigenvalue weighted by atomic mass is 10.1. The van der Waals surface area contributed by atoms with Crippen molar-refractivity contribution >= 4 is 11.3 Å². The van der Waals surface area contributed by atoms with Crippen LogP contribution in [0.2, 0.25) is 0 Å². The standard InChI is InChI=1S/C17H23NOS/c1-4-19-17-8-6-5-7-15(17)12-18-13(2)11-16-10-9-14(3)20-16/h5-10,13,18H,4,11-12H2,1-3H3. The number of para-hydroxylation sites is 1. The fourth-order valence-electron chi connectivity index (χ4n) is 2.20. The molecule has 108 valence electrons. The van der Waals surface area contributed by atoms with Crippen LogP contribution in [0, 0.1) is 6.92 Å². The Morgan fingerprint density at radius 3 is 2.70 bits per heavy atom. The first-order chi connectivity index (χ1) is 9.69. The van der Waals surface area contributed by atoms with Crippen LogP contribution in [0.15, 0.2) is 36.4 Å². The van der Waals surface area contributed by atoms with Crippen LogP contribution in [0.3, 0.4) is 0 Å². The van der Waals surface area contributed by atoms with Crippen molar-refractivity contribution in [2.24, 2.45) is 0 Å². The van der Waals surface area contributed by atoms with Gasteiger partial charge in [0.2, 0.25) is 0 Å². The normalized spacial score (nSPS) is 12.3. The van der Waals surface area contributed by atoms with Crippen molar-refractivity contribution in [1.29, 1.82) is 0 Å². The number of benzene rings is 1. The summed E-state index contributed by atoms with van der Waals surface area (Å²) in [6.45, 7) is 7.97. The van der Waals surface area contributed by atoms with Crippen LogP contribution in [0.1, 0.15) is 29.2 Å². The summed E-state index contributed by atoms with van der Waals surface area (Å²) in [5, 5.41) is 3.58. The third-order valence-corrected chi connectivity index (χ3v) is 4.24. The maximum Gasteiger partial charge on any atom is 0.123 e. The van der Waals surface area contributed by atoms with Gasteiger partial charge < -0.3 is 10.1 Å². The maximum absolute atomic E-state index is 5.65. The van der Waals surface area contributed by atoms with Crippen molar-refractivity contribution in [3.63, 3.8) is 0 Å². The molecule has 0 aliphatic carbocycles. The Morgan fingerprint density at radius 1 is 1.20 bits per heavy atom. The zero-order chi connectivity index (χ0) is 14.4. The largest absolute Gasteiger partial charge is 0.494 e. The minimum atomic E-state index is 0.461. The zero-order valence-corrected chi connectivity index (χ0v) is 13.3. The molecule has 0 spiro atoms. The fraction of sp³-hybridized carbons (Fsp3) is 0.412. The van der Waals surface area contributed by atoms with Gasteiger partial charge in [0.05, 0.1) is 6.61 Å². The summed E-state index contributed by atoms with van der Waals surface area (Å²) >= 11 is 1.88. The fourth-order valence-corrected chi connectivity index (χ4v) is 3.22. The van der Waals surface area contributed by atoms with E-state index in [1.165, 1.54) is 15.3 Å².